The molecule has 1 rings (SSSR count). The summed E-state index contributed by atoms with van der Waals surface area (Å²) in [7, 11) is -3.61. The minimum atomic E-state index is -3.61. The van der Waals surface area contributed by atoms with Crippen LogP contribution in [0.1, 0.15) is 12.8 Å². The molecule has 0 saturated heterocycles. The standard InChI is InChI=1S/C14H16O4S/c1-2-3-4-8-11-18-14(15)12-19(16,17)13-9-6-5-7-10-13/h3,5-7,9-10H,1,4,8,11-12H2. The number of hydrogen-bond acceptors (Lipinski definition) is 4. The summed E-state index contributed by atoms with van der Waals surface area (Å²) >= 11 is 0. The van der Waals surface area contributed by atoms with Gasteiger partial charge in [0.25, 0.3) is 0 Å². The van der Waals surface area contributed by atoms with Crippen LogP contribution in [0.5, 0.6) is 0 Å². The average Bonchev–Trinajstić information content (AvgIpc) is 2.39. The molecule has 0 radical (unpaired) electrons. The Labute approximate surface area is 113 Å². The molecule has 5 heteroatoms. The van der Waals surface area contributed by atoms with Crippen LogP contribution < -0.4 is 0 Å². The molecule has 1 aromatic rings. The fourth-order valence-electron chi connectivity index (χ4n) is 1.38. The van der Waals surface area contributed by atoms with Gasteiger partial charge < -0.3 is 4.74 Å². The van der Waals surface area contributed by atoms with Crippen molar-refractivity contribution < 1.29 is 17.9 Å². The molecule has 4 nitrogen and oxygen atoms in total. The van der Waals surface area contributed by atoms with Crippen LogP contribution in [0.25, 0.3) is 0 Å². The molecule has 102 valence electrons. The predicted molar refractivity (Wildman–Crippen MR) is 72.4 cm³/mol. The SMILES string of the molecule is C=C=CCCCOC(=O)CS(=O)(=O)c1ccccc1. The lowest BCUT2D eigenvalue weighted by Gasteiger charge is -2.05. The number of rotatable bonds is 7. The lowest BCUT2D eigenvalue weighted by Crippen LogP contribution is -2.19. The molecule has 0 amide bonds. The van der Waals surface area contributed by atoms with E-state index in [1.54, 1.807) is 24.3 Å². The summed E-state index contributed by atoms with van der Waals surface area (Å²) in [4.78, 5) is 11.6. The molecule has 0 aliphatic rings. The van der Waals surface area contributed by atoms with E-state index in [9.17, 15) is 13.2 Å². The minimum Gasteiger partial charge on any atom is -0.465 e. The van der Waals surface area contributed by atoms with Crippen LogP contribution in [-0.2, 0) is 19.4 Å². The van der Waals surface area contributed by atoms with Crippen molar-refractivity contribution in [2.75, 3.05) is 12.4 Å². The highest BCUT2D eigenvalue weighted by Crippen LogP contribution is 2.10. The average molecular weight is 280 g/mol. The molecule has 19 heavy (non-hydrogen) atoms. The van der Waals surface area contributed by atoms with Gasteiger partial charge >= 0.3 is 5.97 Å². The first kappa shape index (κ1) is 15.2. The van der Waals surface area contributed by atoms with E-state index < -0.39 is 21.6 Å². The number of ether oxygens (including phenoxy) is 1. The third kappa shape index (κ3) is 5.55. The van der Waals surface area contributed by atoms with E-state index in [0.717, 1.165) is 0 Å². The van der Waals surface area contributed by atoms with Crippen LogP contribution in [0.2, 0.25) is 0 Å². The van der Waals surface area contributed by atoms with Gasteiger partial charge in [-0.1, -0.05) is 24.8 Å². The second kappa shape index (κ2) is 7.56. The number of unbranched alkanes of at least 4 members (excludes halogenated alkanes) is 1. The van der Waals surface area contributed by atoms with Crippen molar-refractivity contribution in [3.63, 3.8) is 0 Å². The largest absolute Gasteiger partial charge is 0.465 e. The van der Waals surface area contributed by atoms with Gasteiger partial charge in [-0.2, -0.15) is 0 Å². The Kier molecular flexibility index (Phi) is 6.06. The van der Waals surface area contributed by atoms with E-state index in [0.29, 0.717) is 12.8 Å². The van der Waals surface area contributed by atoms with Crippen LogP contribution in [0.15, 0.2) is 53.6 Å². The lowest BCUT2D eigenvalue weighted by atomic mass is 10.3. The van der Waals surface area contributed by atoms with Gasteiger partial charge in [0.2, 0.25) is 0 Å². The molecular weight excluding hydrogens is 264 g/mol. The molecule has 0 aliphatic heterocycles. The molecule has 0 atom stereocenters. The summed E-state index contributed by atoms with van der Waals surface area (Å²) < 4.78 is 28.6. The smallest absolute Gasteiger partial charge is 0.321 e. The van der Waals surface area contributed by atoms with Crippen LogP contribution in [0, 0.1) is 0 Å². The third-order valence-corrected chi connectivity index (χ3v) is 3.92. The maximum Gasteiger partial charge on any atom is 0.321 e. The van der Waals surface area contributed by atoms with E-state index in [4.69, 9.17) is 4.74 Å². The highest BCUT2D eigenvalue weighted by atomic mass is 32.2. The summed E-state index contributed by atoms with van der Waals surface area (Å²) in [6.45, 7) is 3.60. The second-order valence-corrected chi connectivity index (χ2v) is 5.83. The van der Waals surface area contributed by atoms with Gasteiger partial charge in [-0.3, -0.25) is 4.79 Å². The fraction of sp³-hybridized carbons (Fsp3) is 0.286. The number of carbonyl (C=O) groups is 1. The first-order valence-corrected chi connectivity index (χ1v) is 7.49. The summed E-state index contributed by atoms with van der Waals surface area (Å²) in [6.07, 6.45) is 3.05. The highest BCUT2D eigenvalue weighted by molar-refractivity contribution is 7.92. The van der Waals surface area contributed by atoms with Gasteiger partial charge in [0.1, 0.15) is 0 Å². The summed E-state index contributed by atoms with van der Waals surface area (Å²) in [5.41, 5.74) is 2.60. The lowest BCUT2D eigenvalue weighted by molar-refractivity contribution is -0.140. The molecular formula is C14H16O4S. The van der Waals surface area contributed by atoms with Crippen molar-refractivity contribution in [1.29, 1.82) is 0 Å². The van der Waals surface area contributed by atoms with Crippen LogP contribution in [0.4, 0.5) is 0 Å². The Hall–Kier alpha value is -1.84. The summed E-state index contributed by atoms with van der Waals surface area (Å²) in [5.74, 6) is -1.36. The molecule has 0 aromatic heterocycles. The summed E-state index contributed by atoms with van der Waals surface area (Å²) in [6, 6.07) is 7.85. The van der Waals surface area contributed by atoms with Crippen LogP contribution in [0.3, 0.4) is 0 Å². The quantitative estimate of drug-likeness (QED) is 0.436. The van der Waals surface area contributed by atoms with E-state index in [2.05, 4.69) is 12.3 Å². The minimum absolute atomic E-state index is 0.126. The Bertz CT molecular complexity index is 554. The highest BCUT2D eigenvalue weighted by Gasteiger charge is 2.19. The van der Waals surface area contributed by atoms with Crippen molar-refractivity contribution >= 4 is 15.8 Å². The van der Waals surface area contributed by atoms with Crippen molar-refractivity contribution in [1.82, 2.24) is 0 Å². The second-order valence-electron chi connectivity index (χ2n) is 3.84. The number of sulfone groups is 1. The Balaban J connectivity index is 2.46. The number of carbonyl (C=O) groups excluding carboxylic acids is 1. The van der Waals surface area contributed by atoms with Gasteiger partial charge in [0.15, 0.2) is 15.6 Å². The van der Waals surface area contributed by atoms with Gasteiger partial charge in [-0.05, 0) is 31.1 Å². The molecule has 0 bridgehead atoms. The zero-order valence-electron chi connectivity index (χ0n) is 10.5. The molecule has 0 heterocycles. The van der Waals surface area contributed by atoms with E-state index in [-0.39, 0.29) is 11.5 Å². The first-order valence-electron chi connectivity index (χ1n) is 5.84. The van der Waals surface area contributed by atoms with E-state index >= 15 is 0 Å². The third-order valence-electron chi connectivity index (χ3n) is 2.31. The Morgan fingerprint density at radius 2 is 2.00 bits per heavy atom. The van der Waals surface area contributed by atoms with E-state index in [1.807, 2.05) is 0 Å². The maximum absolute atomic E-state index is 11.9. The van der Waals surface area contributed by atoms with Crippen molar-refractivity contribution in [2.24, 2.45) is 0 Å². The van der Waals surface area contributed by atoms with Gasteiger partial charge in [0, 0.05) is 0 Å². The topological polar surface area (TPSA) is 60.4 Å². The van der Waals surface area contributed by atoms with Crippen LogP contribution in [-0.4, -0.2) is 26.7 Å². The number of esters is 1. The van der Waals surface area contributed by atoms with Gasteiger partial charge in [-0.25, -0.2) is 8.42 Å². The van der Waals surface area contributed by atoms with E-state index in [1.165, 1.54) is 12.1 Å². The molecule has 0 saturated carbocycles. The van der Waals surface area contributed by atoms with Gasteiger partial charge in [0.05, 0.1) is 11.5 Å². The molecule has 0 N–H and O–H groups in total. The molecule has 0 spiro atoms. The number of hydrogen-bond donors (Lipinski definition) is 0. The van der Waals surface area contributed by atoms with Crippen molar-refractivity contribution in [3.8, 4) is 0 Å². The molecule has 0 unspecified atom stereocenters. The maximum atomic E-state index is 11.9. The van der Waals surface area contributed by atoms with Crippen molar-refractivity contribution in [3.05, 3.63) is 48.7 Å². The molecule has 0 fully saturated rings. The fourth-order valence-corrected chi connectivity index (χ4v) is 2.51. The first-order chi connectivity index (χ1) is 9.06. The normalized spacial score (nSPS) is 10.5. The van der Waals surface area contributed by atoms with Crippen molar-refractivity contribution in [2.45, 2.75) is 17.7 Å². The Morgan fingerprint density at radius 3 is 2.63 bits per heavy atom. The zero-order chi connectivity index (χ0) is 14.1. The predicted octanol–water partition coefficient (Wildman–Crippen LogP) is 2.12. The number of allylic oxidation sites excluding steroid dienone is 1. The monoisotopic (exact) mass is 280 g/mol. The zero-order valence-corrected chi connectivity index (χ0v) is 11.4. The Morgan fingerprint density at radius 1 is 1.32 bits per heavy atom. The van der Waals surface area contributed by atoms with Crippen LogP contribution >= 0.6 is 0 Å². The molecule has 1 aromatic carbocycles. The molecule has 0 aliphatic carbocycles. The van der Waals surface area contributed by atoms with Gasteiger partial charge in [-0.15, -0.1) is 5.73 Å². The number of benzene rings is 1. The summed E-state index contributed by atoms with van der Waals surface area (Å²) in [5, 5.41) is 0.